The van der Waals surface area contributed by atoms with Gasteiger partial charge in [-0.25, -0.2) is 8.78 Å². The number of halogens is 3. The average Bonchev–Trinajstić information content (AvgIpc) is 2.42. The van der Waals surface area contributed by atoms with Gasteiger partial charge in [0.2, 0.25) is 0 Å². The van der Waals surface area contributed by atoms with Gasteiger partial charge in [-0.3, -0.25) is 0 Å². The smallest absolute Gasteiger partial charge is 0.159 e. The zero-order valence-corrected chi connectivity index (χ0v) is 11.6. The molecule has 0 amide bonds. The maximum atomic E-state index is 13.1. The van der Waals surface area contributed by atoms with E-state index in [2.05, 4.69) is 5.32 Å². The summed E-state index contributed by atoms with van der Waals surface area (Å²) in [5.74, 6) is -1.90. The Hall–Kier alpha value is -1.65. The van der Waals surface area contributed by atoms with Crippen LogP contribution < -0.4 is 5.32 Å². The van der Waals surface area contributed by atoms with E-state index in [1.165, 1.54) is 6.07 Å². The van der Waals surface area contributed by atoms with Crippen molar-refractivity contribution < 1.29 is 13.9 Å². The van der Waals surface area contributed by atoms with E-state index in [4.69, 9.17) is 11.6 Å². The van der Waals surface area contributed by atoms with Crippen LogP contribution in [-0.2, 0) is 0 Å². The second-order valence-corrected chi connectivity index (χ2v) is 4.97. The van der Waals surface area contributed by atoms with Crippen LogP contribution in [0.15, 0.2) is 36.4 Å². The van der Waals surface area contributed by atoms with Crippen molar-refractivity contribution >= 4 is 17.3 Å². The van der Waals surface area contributed by atoms with Crippen LogP contribution in [-0.4, -0.2) is 11.7 Å². The van der Waals surface area contributed by atoms with Crippen LogP contribution in [0.4, 0.5) is 14.5 Å². The molecule has 0 spiro atoms. The molecule has 2 nitrogen and oxygen atoms in total. The summed E-state index contributed by atoms with van der Waals surface area (Å²) in [6.45, 7) is 2.08. The third-order valence-corrected chi connectivity index (χ3v) is 3.25. The molecule has 20 heavy (non-hydrogen) atoms. The Labute approximate surface area is 121 Å². The summed E-state index contributed by atoms with van der Waals surface area (Å²) in [5, 5.41) is 13.6. The SMILES string of the molecule is Cc1ccc(Cl)cc1NCC(O)c1ccc(F)c(F)c1. The van der Waals surface area contributed by atoms with E-state index in [1.807, 2.05) is 13.0 Å². The molecule has 2 aromatic carbocycles. The molecule has 2 rings (SSSR count). The molecule has 2 N–H and O–H groups in total. The van der Waals surface area contributed by atoms with Gasteiger partial charge in [0.25, 0.3) is 0 Å². The maximum Gasteiger partial charge on any atom is 0.159 e. The van der Waals surface area contributed by atoms with E-state index < -0.39 is 17.7 Å². The molecule has 0 bridgehead atoms. The summed E-state index contributed by atoms with van der Waals surface area (Å²) in [5.41, 5.74) is 2.09. The lowest BCUT2D eigenvalue weighted by Crippen LogP contribution is -2.13. The molecule has 2 aromatic rings. The fourth-order valence-corrected chi connectivity index (χ4v) is 2.00. The van der Waals surface area contributed by atoms with Crippen molar-refractivity contribution in [2.24, 2.45) is 0 Å². The molecular formula is C15H14ClF2NO. The van der Waals surface area contributed by atoms with E-state index >= 15 is 0 Å². The first-order valence-corrected chi connectivity index (χ1v) is 6.48. The summed E-state index contributed by atoms with van der Waals surface area (Å²) in [4.78, 5) is 0. The van der Waals surface area contributed by atoms with Gasteiger partial charge >= 0.3 is 0 Å². The lowest BCUT2D eigenvalue weighted by Gasteiger charge is -2.15. The number of hydrogen-bond acceptors (Lipinski definition) is 2. The number of aliphatic hydroxyl groups excluding tert-OH is 1. The Kier molecular flexibility index (Phi) is 4.57. The molecule has 1 atom stereocenters. The predicted molar refractivity (Wildman–Crippen MR) is 76.0 cm³/mol. The highest BCUT2D eigenvalue weighted by Gasteiger charge is 2.11. The minimum absolute atomic E-state index is 0.173. The Balaban J connectivity index is 2.06. The highest BCUT2D eigenvalue weighted by atomic mass is 35.5. The molecule has 0 heterocycles. The van der Waals surface area contributed by atoms with Crippen LogP contribution in [0.25, 0.3) is 0 Å². The molecule has 0 aliphatic heterocycles. The minimum atomic E-state index is -0.972. The van der Waals surface area contributed by atoms with Crippen molar-refractivity contribution in [2.45, 2.75) is 13.0 Å². The lowest BCUT2D eigenvalue weighted by atomic mass is 10.1. The number of benzene rings is 2. The molecular weight excluding hydrogens is 284 g/mol. The van der Waals surface area contributed by atoms with E-state index in [0.717, 1.165) is 23.4 Å². The van der Waals surface area contributed by atoms with Gasteiger partial charge in [-0.15, -0.1) is 0 Å². The third-order valence-electron chi connectivity index (χ3n) is 3.01. The van der Waals surface area contributed by atoms with Crippen molar-refractivity contribution in [3.05, 3.63) is 64.2 Å². The Bertz CT molecular complexity index is 619. The van der Waals surface area contributed by atoms with E-state index in [9.17, 15) is 13.9 Å². The van der Waals surface area contributed by atoms with Gasteiger partial charge in [-0.05, 0) is 42.3 Å². The van der Waals surface area contributed by atoms with Crippen molar-refractivity contribution in [3.8, 4) is 0 Å². The lowest BCUT2D eigenvalue weighted by molar-refractivity contribution is 0.191. The predicted octanol–water partition coefficient (Wildman–Crippen LogP) is 4.07. The van der Waals surface area contributed by atoms with Crippen LogP contribution in [0.5, 0.6) is 0 Å². The number of aliphatic hydroxyl groups is 1. The summed E-state index contributed by atoms with van der Waals surface area (Å²) < 4.78 is 25.9. The molecule has 1 unspecified atom stereocenters. The summed E-state index contributed by atoms with van der Waals surface area (Å²) >= 11 is 5.89. The second-order valence-electron chi connectivity index (χ2n) is 4.53. The highest BCUT2D eigenvalue weighted by molar-refractivity contribution is 6.30. The number of anilines is 1. The fraction of sp³-hybridized carbons (Fsp3) is 0.200. The van der Waals surface area contributed by atoms with Crippen LogP contribution in [0.2, 0.25) is 5.02 Å². The van der Waals surface area contributed by atoms with Gasteiger partial charge in [-0.2, -0.15) is 0 Å². The summed E-state index contributed by atoms with van der Waals surface area (Å²) in [6.07, 6.45) is -0.941. The quantitative estimate of drug-likeness (QED) is 0.891. The van der Waals surface area contributed by atoms with Crippen LogP contribution in [0.1, 0.15) is 17.2 Å². The zero-order valence-electron chi connectivity index (χ0n) is 10.8. The topological polar surface area (TPSA) is 32.3 Å². The number of aryl methyl sites for hydroxylation is 1. The normalized spacial score (nSPS) is 12.2. The Morgan fingerprint density at radius 1 is 1.15 bits per heavy atom. The van der Waals surface area contributed by atoms with Gasteiger partial charge in [0.1, 0.15) is 0 Å². The van der Waals surface area contributed by atoms with Gasteiger partial charge in [0.15, 0.2) is 11.6 Å². The second kappa shape index (κ2) is 6.20. The van der Waals surface area contributed by atoms with E-state index in [1.54, 1.807) is 12.1 Å². The number of hydrogen-bond donors (Lipinski definition) is 2. The summed E-state index contributed by atoms with van der Waals surface area (Å²) in [6, 6.07) is 8.72. The first-order chi connectivity index (χ1) is 9.47. The monoisotopic (exact) mass is 297 g/mol. The molecule has 106 valence electrons. The zero-order chi connectivity index (χ0) is 14.7. The molecule has 0 aliphatic rings. The van der Waals surface area contributed by atoms with Crippen molar-refractivity contribution in [3.63, 3.8) is 0 Å². The van der Waals surface area contributed by atoms with Crippen LogP contribution in [0, 0.1) is 18.6 Å². The molecule has 5 heteroatoms. The highest BCUT2D eigenvalue weighted by Crippen LogP contribution is 2.22. The first-order valence-electron chi connectivity index (χ1n) is 6.10. The summed E-state index contributed by atoms with van der Waals surface area (Å²) in [7, 11) is 0. The molecule has 0 fully saturated rings. The standard InChI is InChI=1S/C15H14ClF2NO/c1-9-2-4-11(16)7-14(9)19-8-15(20)10-3-5-12(17)13(18)6-10/h2-7,15,19-20H,8H2,1H3. The maximum absolute atomic E-state index is 13.1. The molecule has 0 aliphatic carbocycles. The van der Waals surface area contributed by atoms with Crippen LogP contribution in [0.3, 0.4) is 0 Å². The van der Waals surface area contributed by atoms with Crippen molar-refractivity contribution in [2.75, 3.05) is 11.9 Å². The van der Waals surface area contributed by atoms with E-state index in [-0.39, 0.29) is 6.54 Å². The van der Waals surface area contributed by atoms with Crippen molar-refractivity contribution in [1.29, 1.82) is 0 Å². The Morgan fingerprint density at radius 3 is 2.60 bits per heavy atom. The van der Waals surface area contributed by atoms with Gasteiger partial charge in [0.05, 0.1) is 6.10 Å². The molecule has 0 radical (unpaired) electrons. The van der Waals surface area contributed by atoms with Gasteiger partial charge < -0.3 is 10.4 Å². The first kappa shape index (κ1) is 14.8. The number of rotatable bonds is 4. The largest absolute Gasteiger partial charge is 0.387 e. The van der Waals surface area contributed by atoms with Crippen molar-refractivity contribution in [1.82, 2.24) is 0 Å². The third kappa shape index (κ3) is 3.46. The average molecular weight is 298 g/mol. The molecule has 0 aromatic heterocycles. The molecule has 0 saturated heterocycles. The fourth-order valence-electron chi connectivity index (χ4n) is 1.83. The molecule has 0 saturated carbocycles. The minimum Gasteiger partial charge on any atom is -0.387 e. The van der Waals surface area contributed by atoms with Crippen LogP contribution >= 0.6 is 11.6 Å². The Morgan fingerprint density at radius 2 is 1.90 bits per heavy atom. The van der Waals surface area contributed by atoms with E-state index in [0.29, 0.717) is 10.6 Å². The van der Waals surface area contributed by atoms with Gasteiger partial charge in [0, 0.05) is 17.3 Å². The van der Waals surface area contributed by atoms with Gasteiger partial charge in [-0.1, -0.05) is 23.7 Å². The number of nitrogens with one attached hydrogen (secondary N) is 1.